The molecular formula is C17H8ClF2InN2O2S. The molecule has 3 rings (SSSR count). The molecule has 1 aliphatic heterocycles. The van der Waals surface area contributed by atoms with Gasteiger partial charge in [-0.25, -0.2) is 0 Å². The van der Waals surface area contributed by atoms with Crippen LogP contribution < -0.4 is 3.32 Å². The standard InChI is InChI=1S/C12H5ClFNO2S.C5H3FN.In/c1-7(13)9(5-6-15)18-10-4-2-3-8(11(10)14)12(16)17;6-5-3-1-2-4-7-5;/h1-4H,(H,16,17);1-2,4H;. The molecule has 0 spiro atoms. The number of carboxylic acids is 1. The van der Waals surface area contributed by atoms with Gasteiger partial charge in [-0.05, 0) is 0 Å². The molecule has 1 aromatic carbocycles. The molecule has 0 amide bonds. The number of carbonyl (C=O) groups is 1. The number of carboxylic acid groups (broad SMARTS) is 1. The number of rotatable bonds is 4. The predicted molar refractivity (Wildman–Crippen MR) is 95.4 cm³/mol. The summed E-state index contributed by atoms with van der Waals surface area (Å²) in [5.41, 5.74) is -0.467. The van der Waals surface area contributed by atoms with Crippen molar-refractivity contribution in [2.75, 3.05) is 0 Å². The molecule has 1 aliphatic rings. The van der Waals surface area contributed by atoms with Crippen LogP contribution in [0.3, 0.4) is 0 Å². The van der Waals surface area contributed by atoms with E-state index in [1.807, 2.05) is 0 Å². The Labute approximate surface area is 164 Å². The number of aromatic carboxylic acids is 1. The minimum atomic E-state index is -3.21. The summed E-state index contributed by atoms with van der Waals surface area (Å²) >= 11 is 3.93. The number of nitriles is 1. The SMILES string of the molecule is N#C[C]1=C(Sc2cccc(C(=O)O)c2F)C(Cl)=[CH][In]1[c]1cccnc1F. The van der Waals surface area contributed by atoms with Crippen molar-refractivity contribution in [3.05, 3.63) is 71.0 Å². The quantitative estimate of drug-likeness (QED) is 0.661. The van der Waals surface area contributed by atoms with Gasteiger partial charge >= 0.3 is 165 Å². The minimum absolute atomic E-state index is 0.0396. The summed E-state index contributed by atoms with van der Waals surface area (Å²) in [5, 5.41) is 18.9. The number of allylic oxidation sites excluding steroid dienone is 2. The van der Waals surface area contributed by atoms with Gasteiger partial charge in [-0.15, -0.1) is 0 Å². The molecule has 0 aliphatic carbocycles. The van der Waals surface area contributed by atoms with Gasteiger partial charge in [0.25, 0.3) is 0 Å². The van der Waals surface area contributed by atoms with Crippen LogP contribution in [0.2, 0.25) is 0 Å². The van der Waals surface area contributed by atoms with Crippen molar-refractivity contribution in [2.24, 2.45) is 0 Å². The van der Waals surface area contributed by atoms with Gasteiger partial charge in [-0.1, -0.05) is 0 Å². The maximum absolute atomic E-state index is 14.4. The molecule has 0 fully saturated rings. The number of hydrogen-bond acceptors (Lipinski definition) is 4. The third kappa shape index (κ3) is 3.52. The molecule has 0 bridgehead atoms. The number of aromatic nitrogens is 1. The van der Waals surface area contributed by atoms with Crippen LogP contribution in [0.25, 0.3) is 0 Å². The van der Waals surface area contributed by atoms with Crippen LogP contribution in [0, 0.1) is 23.1 Å². The van der Waals surface area contributed by atoms with Crippen LogP contribution in [0.15, 0.2) is 58.5 Å². The maximum atomic E-state index is 14.4. The zero-order valence-corrected chi connectivity index (χ0v) is 17.8. The average molecular weight is 493 g/mol. The van der Waals surface area contributed by atoms with Crippen LogP contribution in [0.4, 0.5) is 8.78 Å². The number of hydrogen-bond donors (Lipinski definition) is 1. The number of benzene rings is 1. The summed E-state index contributed by atoms with van der Waals surface area (Å²) in [6.45, 7) is 0. The van der Waals surface area contributed by atoms with Gasteiger partial charge in [0.05, 0.1) is 0 Å². The first-order valence-electron chi connectivity index (χ1n) is 7.26. The molecule has 128 valence electrons. The second kappa shape index (κ2) is 7.82. The Morgan fingerprint density at radius 3 is 2.73 bits per heavy atom. The van der Waals surface area contributed by atoms with Crippen LogP contribution in [0.1, 0.15) is 10.4 Å². The zero-order chi connectivity index (χ0) is 18.8. The molecular weight excluding hydrogens is 485 g/mol. The van der Waals surface area contributed by atoms with Crippen molar-refractivity contribution in [1.82, 2.24) is 4.98 Å². The fraction of sp³-hybridized carbons (Fsp3) is 0. The first-order valence-corrected chi connectivity index (χ1v) is 13.6. The molecule has 0 radical (unpaired) electrons. The van der Waals surface area contributed by atoms with Crippen molar-refractivity contribution in [2.45, 2.75) is 4.90 Å². The van der Waals surface area contributed by atoms with E-state index in [1.165, 1.54) is 18.3 Å². The van der Waals surface area contributed by atoms with Gasteiger partial charge in [0.2, 0.25) is 0 Å². The molecule has 0 atom stereocenters. The van der Waals surface area contributed by atoms with Gasteiger partial charge in [-0.3, -0.25) is 0 Å². The third-order valence-corrected chi connectivity index (χ3v) is 14.6. The Kier molecular flexibility index (Phi) is 5.70. The molecule has 9 heteroatoms. The van der Waals surface area contributed by atoms with Crippen LogP contribution >= 0.6 is 23.4 Å². The Morgan fingerprint density at radius 2 is 2.08 bits per heavy atom. The zero-order valence-electron chi connectivity index (χ0n) is 12.9. The molecule has 2 aromatic rings. The van der Waals surface area contributed by atoms with Crippen LogP contribution in [0.5, 0.6) is 0 Å². The van der Waals surface area contributed by atoms with E-state index in [9.17, 15) is 18.8 Å². The van der Waals surface area contributed by atoms with Gasteiger partial charge < -0.3 is 0 Å². The van der Waals surface area contributed by atoms with Crippen molar-refractivity contribution in [3.8, 4) is 6.07 Å². The average Bonchev–Trinajstić information content (AvgIpc) is 2.92. The summed E-state index contributed by atoms with van der Waals surface area (Å²) < 4.78 is 30.9. The van der Waals surface area contributed by atoms with E-state index in [0.717, 1.165) is 17.8 Å². The number of pyridine rings is 1. The molecule has 26 heavy (non-hydrogen) atoms. The fourth-order valence-corrected chi connectivity index (χ4v) is 13.1. The Morgan fingerprint density at radius 1 is 1.31 bits per heavy atom. The van der Waals surface area contributed by atoms with Gasteiger partial charge in [0, 0.05) is 0 Å². The summed E-state index contributed by atoms with van der Waals surface area (Å²) in [5.74, 6) is -2.92. The summed E-state index contributed by atoms with van der Waals surface area (Å²) in [4.78, 5) is 15.1. The van der Waals surface area contributed by atoms with E-state index in [-0.39, 0.29) is 9.93 Å². The van der Waals surface area contributed by atoms with Crippen molar-refractivity contribution in [1.29, 1.82) is 5.26 Å². The first-order chi connectivity index (χ1) is 12.4. The van der Waals surface area contributed by atoms with E-state index in [2.05, 4.69) is 11.1 Å². The number of nitrogens with zero attached hydrogens (tertiary/aromatic N) is 2. The molecule has 1 N–H and O–H groups in total. The number of thioether (sulfide) groups is 1. The van der Waals surface area contributed by atoms with Crippen molar-refractivity contribution < 1.29 is 18.7 Å². The van der Waals surface area contributed by atoms with E-state index in [0.29, 0.717) is 11.6 Å². The van der Waals surface area contributed by atoms with Gasteiger partial charge in [-0.2, -0.15) is 0 Å². The first kappa shape index (κ1) is 19.0. The van der Waals surface area contributed by atoms with Crippen LogP contribution in [-0.4, -0.2) is 37.5 Å². The van der Waals surface area contributed by atoms with E-state index in [1.54, 1.807) is 16.0 Å². The number of halogens is 3. The molecule has 2 heterocycles. The normalized spacial score (nSPS) is 13.6. The molecule has 0 saturated heterocycles. The second-order valence-corrected chi connectivity index (χ2v) is 13.8. The molecule has 1 aromatic heterocycles. The van der Waals surface area contributed by atoms with E-state index >= 15 is 0 Å². The van der Waals surface area contributed by atoms with Crippen molar-refractivity contribution in [3.63, 3.8) is 0 Å². The van der Waals surface area contributed by atoms with Crippen molar-refractivity contribution >= 4 is 54.1 Å². The molecule has 4 nitrogen and oxygen atoms in total. The fourth-order valence-electron chi connectivity index (χ4n) is 2.54. The third-order valence-electron chi connectivity index (χ3n) is 3.73. The Hall–Kier alpha value is -1.82. The van der Waals surface area contributed by atoms with E-state index in [4.69, 9.17) is 16.7 Å². The Balaban J connectivity index is 2.05. The Bertz CT molecular complexity index is 1020. The summed E-state index contributed by atoms with van der Waals surface area (Å²) in [6.07, 6.45) is 1.32. The molecule has 0 saturated carbocycles. The predicted octanol–water partition coefficient (Wildman–Crippen LogP) is 3.54. The molecule has 0 unspecified atom stereocenters. The topological polar surface area (TPSA) is 74.0 Å². The summed E-state index contributed by atoms with van der Waals surface area (Å²) in [6, 6.07) is 9.23. The van der Waals surface area contributed by atoms with E-state index < -0.39 is 44.7 Å². The monoisotopic (exact) mass is 492 g/mol. The van der Waals surface area contributed by atoms with Crippen LogP contribution in [-0.2, 0) is 0 Å². The summed E-state index contributed by atoms with van der Waals surface area (Å²) in [7, 11) is 0. The van der Waals surface area contributed by atoms with Gasteiger partial charge in [0.1, 0.15) is 0 Å². The second-order valence-electron chi connectivity index (χ2n) is 5.26. The van der Waals surface area contributed by atoms with Gasteiger partial charge in [0.15, 0.2) is 0 Å².